The lowest BCUT2D eigenvalue weighted by Crippen LogP contribution is -2.31. The molecule has 0 saturated carbocycles. The highest BCUT2D eigenvalue weighted by Gasteiger charge is 2.25. The summed E-state index contributed by atoms with van der Waals surface area (Å²) in [4.78, 5) is 14.9. The van der Waals surface area contributed by atoms with Crippen molar-refractivity contribution in [1.29, 1.82) is 0 Å². The SMILES string of the molecule is CCN1CCN(CC=CO)C1=O. The van der Waals surface area contributed by atoms with Crippen molar-refractivity contribution in [3.63, 3.8) is 0 Å². The number of likely N-dealkylation sites (N-methyl/N-ethyl adjacent to an activating group) is 1. The van der Waals surface area contributed by atoms with Gasteiger partial charge in [-0.3, -0.25) is 0 Å². The van der Waals surface area contributed by atoms with Gasteiger partial charge in [-0.15, -0.1) is 0 Å². The molecule has 0 bridgehead atoms. The summed E-state index contributed by atoms with van der Waals surface area (Å²) in [6.07, 6.45) is 2.54. The van der Waals surface area contributed by atoms with Crippen molar-refractivity contribution in [2.75, 3.05) is 26.2 Å². The van der Waals surface area contributed by atoms with Gasteiger partial charge < -0.3 is 14.9 Å². The molecule has 0 aromatic rings. The van der Waals surface area contributed by atoms with E-state index in [1.807, 2.05) is 6.92 Å². The van der Waals surface area contributed by atoms with E-state index in [4.69, 9.17) is 5.11 Å². The lowest BCUT2D eigenvalue weighted by Gasteiger charge is -2.14. The highest BCUT2D eigenvalue weighted by atomic mass is 16.2. The van der Waals surface area contributed by atoms with Crippen molar-refractivity contribution >= 4 is 6.03 Å². The van der Waals surface area contributed by atoms with E-state index >= 15 is 0 Å². The number of rotatable bonds is 3. The van der Waals surface area contributed by atoms with Gasteiger partial charge in [-0.2, -0.15) is 0 Å². The fraction of sp³-hybridized carbons (Fsp3) is 0.625. The average Bonchev–Trinajstić information content (AvgIpc) is 2.43. The summed E-state index contributed by atoms with van der Waals surface area (Å²) in [6.45, 7) is 4.79. The van der Waals surface area contributed by atoms with E-state index in [0.29, 0.717) is 6.54 Å². The van der Waals surface area contributed by atoms with Gasteiger partial charge in [-0.1, -0.05) is 0 Å². The van der Waals surface area contributed by atoms with Crippen LogP contribution in [-0.2, 0) is 0 Å². The number of nitrogens with zero attached hydrogens (tertiary/aromatic N) is 2. The molecular formula is C8H14N2O2. The minimum atomic E-state index is 0.0654. The monoisotopic (exact) mass is 170 g/mol. The van der Waals surface area contributed by atoms with Crippen LogP contribution in [-0.4, -0.2) is 47.1 Å². The zero-order chi connectivity index (χ0) is 8.97. The molecule has 0 unspecified atom stereocenters. The molecule has 1 aliphatic heterocycles. The first-order valence-corrected chi connectivity index (χ1v) is 4.12. The molecule has 1 aliphatic rings. The Balaban J connectivity index is 2.43. The Hall–Kier alpha value is -1.19. The summed E-state index contributed by atoms with van der Waals surface area (Å²) < 4.78 is 0. The fourth-order valence-corrected chi connectivity index (χ4v) is 1.27. The van der Waals surface area contributed by atoms with Crippen LogP contribution in [0.25, 0.3) is 0 Å². The first kappa shape index (κ1) is 8.90. The smallest absolute Gasteiger partial charge is 0.320 e. The van der Waals surface area contributed by atoms with E-state index in [2.05, 4.69) is 0 Å². The van der Waals surface area contributed by atoms with Crippen LogP contribution in [0.1, 0.15) is 6.92 Å². The minimum absolute atomic E-state index is 0.0654. The van der Waals surface area contributed by atoms with E-state index in [1.165, 1.54) is 0 Å². The second-order valence-electron chi connectivity index (χ2n) is 2.69. The second-order valence-corrected chi connectivity index (χ2v) is 2.69. The number of aliphatic hydroxyl groups is 1. The predicted octanol–water partition coefficient (Wildman–Crippen LogP) is 0.816. The number of hydrogen-bond donors (Lipinski definition) is 1. The van der Waals surface area contributed by atoms with Crippen molar-refractivity contribution in [3.05, 3.63) is 12.3 Å². The number of amides is 2. The van der Waals surface area contributed by atoms with Gasteiger partial charge in [0.15, 0.2) is 0 Å². The van der Waals surface area contributed by atoms with E-state index in [9.17, 15) is 4.79 Å². The molecule has 0 aromatic heterocycles. The first-order chi connectivity index (χ1) is 5.79. The summed E-state index contributed by atoms with van der Waals surface area (Å²) in [5.41, 5.74) is 0. The lowest BCUT2D eigenvalue weighted by atomic mass is 10.5. The lowest BCUT2D eigenvalue weighted by molar-refractivity contribution is 0.197. The number of aliphatic hydroxyl groups excluding tert-OH is 1. The number of urea groups is 1. The third kappa shape index (κ3) is 1.69. The Morgan fingerprint density at radius 2 is 2.17 bits per heavy atom. The minimum Gasteiger partial charge on any atom is -0.516 e. The van der Waals surface area contributed by atoms with Crippen molar-refractivity contribution in [2.45, 2.75) is 6.92 Å². The van der Waals surface area contributed by atoms with E-state index in [1.54, 1.807) is 15.9 Å². The maximum Gasteiger partial charge on any atom is 0.320 e. The van der Waals surface area contributed by atoms with E-state index in [0.717, 1.165) is 25.9 Å². The van der Waals surface area contributed by atoms with Crippen LogP contribution >= 0.6 is 0 Å². The molecule has 1 heterocycles. The van der Waals surface area contributed by atoms with Gasteiger partial charge in [0.1, 0.15) is 0 Å². The van der Waals surface area contributed by atoms with Crippen molar-refractivity contribution < 1.29 is 9.90 Å². The Labute approximate surface area is 72.1 Å². The summed E-state index contributed by atoms with van der Waals surface area (Å²) in [5.74, 6) is 0. The molecule has 4 nitrogen and oxygen atoms in total. The zero-order valence-electron chi connectivity index (χ0n) is 7.23. The first-order valence-electron chi connectivity index (χ1n) is 4.12. The molecule has 0 aromatic carbocycles. The quantitative estimate of drug-likeness (QED) is 0.637. The van der Waals surface area contributed by atoms with Gasteiger partial charge in [-0.05, 0) is 13.0 Å². The Morgan fingerprint density at radius 3 is 2.67 bits per heavy atom. The molecule has 1 saturated heterocycles. The maximum absolute atomic E-state index is 11.4. The third-order valence-electron chi connectivity index (χ3n) is 1.99. The normalized spacial score (nSPS) is 18.2. The van der Waals surface area contributed by atoms with Crippen molar-refractivity contribution in [1.82, 2.24) is 9.80 Å². The molecule has 2 amide bonds. The van der Waals surface area contributed by atoms with Gasteiger partial charge in [0, 0.05) is 26.2 Å². The summed E-state index contributed by atoms with van der Waals surface area (Å²) in [7, 11) is 0. The Bertz CT molecular complexity index is 191. The standard InChI is InChI=1S/C8H14N2O2/c1-2-9-5-6-10(8(9)12)4-3-7-11/h3,7,11H,2,4-6H2,1H3. The van der Waals surface area contributed by atoms with Crippen LogP contribution in [0.4, 0.5) is 4.79 Å². The van der Waals surface area contributed by atoms with Crippen molar-refractivity contribution in [3.8, 4) is 0 Å². The molecule has 4 heteroatoms. The van der Waals surface area contributed by atoms with Gasteiger partial charge >= 0.3 is 6.03 Å². The second kappa shape index (κ2) is 3.99. The van der Waals surface area contributed by atoms with Crippen LogP contribution < -0.4 is 0 Å². The van der Waals surface area contributed by atoms with Crippen molar-refractivity contribution in [2.24, 2.45) is 0 Å². The summed E-state index contributed by atoms with van der Waals surface area (Å²) in [5, 5.41) is 8.40. The fourth-order valence-electron chi connectivity index (χ4n) is 1.27. The molecule has 1 N–H and O–H groups in total. The number of hydrogen-bond acceptors (Lipinski definition) is 2. The van der Waals surface area contributed by atoms with Gasteiger partial charge in [0.05, 0.1) is 6.26 Å². The number of carbonyl (C=O) groups excluding carboxylic acids is 1. The molecule has 0 aliphatic carbocycles. The van der Waals surface area contributed by atoms with Crippen LogP contribution in [0.5, 0.6) is 0 Å². The molecule has 0 atom stereocenters. The number of carbonyl (C=O) groups is 1. The molecule has 68 valence electrons. The van der Waals surface area contributed by atoms with Gasteiger partial charge in [-0.25, -0.2) is 4.79 Å². The van der Waals surface area contributed by atoms with Crippen LogP contribution in [0, 0.1) is 0 Å². The van der Waals surface area contributed by atoms with Gasteiger partial charge in [0.25, 0.3) is 0 Å². The van der Waals surface area contributed by atoms with Crippen LogP contribution in [0.3, 0.4) is 0 Å². The van der Waals surface area contributed by atoms with E-state index in [-0.39, 0.29) is 6.03 Å². The largest absolute Gasteiger partial charge is 0.516 e. The molecule has 1 fully saturated rings. The Kier molecular flexibility index (Phi) is 2.96. The Morgan fingerprint density at radius 1 is 1.50 bits per heavy atom. The predicted molar refractivity (Wildman–Crippen MR) is 46.0 cm³/mol. The summed E-state index contributed by atoms with van der Waals surface area (Å²) in [6, 6.07) is 0.0654. The molecule has 0 radical (unpaired) electrons. The third-order valence-corrected chi connectivity index (χ3v) is 1.99. The highest BCUT2D eigenvalue weighted by Crippen LogP contribution is 2.07. The molecule has 1 rings (SSSR count). The molecule has 0 spiro atoms. The van der Waals surface area contributed by atoms with Gasteiger partial charge in [0.2, 0.25) is 0 Å². The average molecular weight is 170 g/mol. The van der Waals surface area contributed by atoms with Crippen LogP contribution in [0.15, 0.2) is 12.3 Å². The summed E-state index contributed by atoms with van der Waals surface area (Å²) >= 11 is 0. The van der Waals surface area contributed by atoms with E-state index < -0.39 is 0 Å². The molecule has 12 heavy (non-hydrogen) atoms. The molecular weight excluding hydrogens is 156 g/mol. The maximum atomic E-state index is 11.4. The highest BCUT2D eigenvalue weighted by molar-refractivity contribution is 5.76. The topological polar surface area (TPSA) is 43.8 Å². The zero-order valence-corrected chi connectivity index (χ0v) is 7.23. The van der Waals surface area contributed by atoms with Crippen LogP contribution in [0.2, 0.25) is 0 Å².